The number of ether oxygens (including phenoxy) is 1. The monoisotopic (exact) mass is 309 g/mol. The van der Waals surface area contributed by atoms with Crippen LogP contribution in [0.1, 0.15) is 18.4 Å². The van der Waals surface area contributed by atoms with Crippen LogP contribution in [0.15, 0.2) is 23.1 Å². The van der Waals surface area contributed by atoms with E-state index in [1.54, 1.807) is 0 Å². The number of sulfone groups is 1. The summed E-state index contributed by atoms with van der Waals surface area (Å²) in [6.07, 6.45) is -3.90. The van der Waals surface area contributed by atoms with Crippen molar-refractivity contribution in [3.05, 3.63) is 23.8 Å². The molecule has 1 fully saturated rings. The summed E-state index contributed by atoms with van der Waals surface area (Å²) in [6.45, 7) is 0.648. The van der Waals surface area contributed by atoms with E-state index in [-0.39, 0.29) is 10.6 Å². The summed E-state index contributed by atoms with van der Waals surface area (Å²) in [5, 5.41) is -0.657. The lowest BCUT2D eigenvalue weighted by Gasteiger charge is -2.23. The second kappa shape index (κ2) is 5.25. The van der Waals surface area contributed by atoms with Gasteiger partial charge in [-0.15, -0.1) is 0 Å². The zero-order valence-corrected chi connectivity index (χ0v) is 11.3. The Kier molecular flexibility index (Phi) is 3.97. The Morgan fingerprint density at radius 3 is 2.30 bits per heavy atom. The van der Waals surface area contributed by atoms with Crippen molar-refractivity contribution < 1.29 is 26.3 Å². The molecule has 1 heterocycles. The van der Waals surface area contributed by atoms with E-state index in [1.165, 1.54) is 0 Å². The Morgan fingerprint density at radius 2 is 1.80 bits per heavy atom. The quantitative estimate of drug-likeness (QED) is 0.851. The Labute approximate surface area is 114 Å². The van der Waals surface area contributed by atoms with Crippen LogP contribution in [-0.4, -0.2) is 26.9 Å². The molecule has 0 aromatic heterocycles. The standard InChI is InChI=1S/C12H14F3NO3S/c13-12(14,15)8-1-2-11(10(16)7-8)20(17,18)9-3-5-19-6-4-9/h1-2,7,9H,3-6,16H2. The minimum Gasteiger partial charge on any atom is -0.398 e. The Bertz CT molecular complexity index is 592. The number of hydrogen-bond donors (Lipinski definition) is 1. The van der Waals surface area contributed by atoms with E-state index in [2.05, 4.69) is 0 Å². The van der Waals surface area contributed by atoms with Crippen LogP contribution >= 0.6 is 0 Å². The van der Waals surface area contributed by atoms with Crippen molar-refractivity contribution in [3.8, 4) is 0 Å². The average molecular weight is 309 g/mol. The molecular weight excluding hydrogens is 295 g/mol. The summed E-state index contributed by atoms with van der Waals surface area (Å²) in [4.78, 5) is -0.239. The Morgan fingerprint density at radius 1 is 1.20 bits per heavy atom. The van der Waals surface area contributed by atoms with Gasteiger partial charge >= 0.3 is 6.18 Å². The Balaban J connectivity index is 2.37. The SMILES string of the molecule is Nc1cc(C(F)(F)F)ccc1S(=O)(=O)C1CCOCC1. The van der Waals surface area contributed by atoms with Crippen molar-refractivity contribution in [2.75, 3.05) is 18.9 Å². The molecular formula is C12H14F3NO3S. The second-order valence-corrected chi connectivity index (χ2v) is 6.80. The molecule has 8 heteroatoms. The first-order valence-corrected chi connectivity index (χ1v) is 7.56. The first kappa shape index (κ1) is 15.1. The van der Waals surface area contributed by atoms with Gasteiger partial charge in [-0.3, -0.25) is 0 Å². The molecule has 112 valence electrons. The molecule has 2 N–H and O–H groups in total. The highest BCUT2D eigenvalue weighted by Gasteiger charge is 2.34. The number of benzene rings is 1. The number of hydrogen-bond acceptors (Lipinski definition) is 4. The van der Waals surface area contributed by atoms with Gasteiger partial charge in [0, 0.05) is 13.2 Å². The van der Waals surface area contributed by atoms with E-state index in [0.29, 0.717) is 32.1 Å². The summed E-state index contributed by atoms with van der Waals surface area (Å²) < 4.78 is 67.4. The van der Waals surface area contributed by atoms with Crippen LogP contribution in [-0.2, 0) is 20.8 Å². The summed E-state index contributed by atoms with van der Waals surface area (Å²) in [5.74, 6) is 0. The van der Waals surface area contributed by atoms with Crippen LogP contribution in [0.2, 0.25) is 0 Å². The maximum atomic E-state index is 12.5. The third-order valence-corrected chi connectivity index (χ3v) is 5.58. The van der Waals surface area contributed by atoms with Gasteiger partial charge in [0.05, 0.1) is 21.4 Å². The van der Waals surface area contributed by atoms with Gasteiger partial charge < -0.3 is 10.5 Å². The first-order chi connectivity index (χ1) is 9.23. The van der Waals surface area contributed by atoms with E-state index in [0.717, 1.165) is 12.1 Å². The first-order valence-electron chi connectivity index (χ1n) is 6.01. The molecule has 1 aromatic rings. The van der Waals surface area contributed by atoms with Crippen LogP contribution in [0.25, 0.3) is 0 Å². The number of nitrogen functional groups attached to an aromatic ring is 1. The van der Waals surface area contributed by atoms with Gasteiger partial charge in [-0.2, -0.15) is 13.2 Å². The molecule has 1 saturated heterocycles. The number of anilines is 1. The highest BCUT2D eigenvalue weighted by Crippen LogP contribution is 2.34. The number of rotatable bonds is 2. The fourth-order valence-electron chi connectivity index (χ4n) is 2.15. The van der Waals surface area contributed by atoms with Crippen molar-refractivity contribution in [1.29, 1.82) is 0 Å². The van der Waals surface area contributed by atoms with Gasteiger partial charge in [-0.05, 0) is 31.0 Å². The molecule has 1 aromatic carbocycles. The van der Waals surface area contributed by atoms with Gasteiger partial charge in [0.25, 0.3) is 0 Å². The molecule has 0 aliphatic carbocycles. The number of alkyl halides is 3. The molecule has 0 amide bonds. The number of nitrogens with two attached hydrogens (primary N) is 1. The second-order valence-electron chi connectivity index (χ2n) is 4.61. The smallest absolute Gasteiger partial charge is 0.398 e. The molecule has 0 saturated carbocycles. The van der Waals surface area contributed by atoms with Gasteiger partial charge in [-0.25, -0.2) is 8.42 Å². The van der Waals surface area contributed by atoms with Gasteiger partial charge in [-0.1, -0.05) is 0 Å². The third kappa shape index (κ3) is 2.90. The summed E-state index contributed by atoms with van der Waals surface area (Å²) in [6, 6.07) is 2.33. The molecule has 1 aliphatic rings. The molecule has 1 aliphatic heterocycles. The topological polar surface area (TPSA) is 69.4 Å². The van der Waals surface area contributed by atoms with Crippen molar-refractivity contribution >= 4 is 15.5 Å². The lowest BCUT2D eigenvalue weighted by molar-refractivity contribution is -0.137. The summed E-state index contributed by atoms with van der Waals surface area (Å²) in [5.41, 5.74) is 4.17. The number of halogens is 3. The lowest BCUT2D eigenvalue weighted by Crippen LogP contribution is -2.29. The molecule has 4 nitrogen and oxygen atoms in total. The maximum Gasteiger partial charge on any atom is 0.416 e. The van der Waals surface area contributed by atoms with Crippen LogP contribution in [0, 0.1) is 0 Å². The Hall–Kier alpha value is -1.28. The zero-order valence-electron chi connectivity index (χ0n) is 10.5. The molecule has 0 radical (unpaired) electrons. The predicted octanol–water partition coefficient (Wildman–Crippen LogP) is 2.24. The molecule has 0 bridgehead atoms. The largest absolute Gasteiger partial charge is 0.416 e. The lowest BCUT2D eigenvalue weighted by atomic mass is 10.2. The third-order valence-electron chi connectivity index (χ3n) is 3.25. The van der Waals surface area contributed by atoms with Crippen LogP contribution in [0.5, 0.6) is 0 Å². The minimum atomic E-state index is -4.55. The van der Waals surface area contributed by atoms with Crippen LogP contribution in [0.3, 0.4) is 0 Å². The van der Waals surface area contributed by atoms with Crippen molar-refractivity contribution in [2.45, 2.75) is 29.2 Å². The molecule has 0 atom stereocenters. The van der Waals surface area contributed by atoms with E-state index < -0.39 is 26.8 Å². The van der Waals surface area contributed by atoms with Crippen LogP contribution in [0.4, 0.5) is 18.9 Å². The van der Waals surface area contributed by atoms with E-state index in [9.17, 15) is 21.6 Å². The van der Waals surface area contributed by atoms with Gasteiger partial charge in [0.2, 0.25) is 0 Å². The average Bonchev–Trinajstić information content (AvgIpc) is 2.38. The molecule has 20 heavy (non-hydrogen) atoms. The van der Waals surface area contributed by atoms with Gasteiger partial charge in [0.1, 0.15) is 0 Å². The zero-order chi connectivity index (χ0) is 15.0. The van der Waals surface area contributed by atoms with Crippen molar-refractivity contribution in [3.63, 3.8) is 0 Å². The predicted molar refractivity (Wildman–Crippen MR) is 66.9 cm³/mol. The van der Waals surface area contributed by atoms with E-state index in [1.807, 2.05) is 0 Å². The van der Waals surface area contributed by atoms with E-state index >= 15 is 0 Å². The highest BCUT2D eigenvalue weighted by atomic mass is 32.2. The molecule has 0 unspecified atom stereocenters. The summed E-state index contributed by atoms with van der Waals surface area (Å²) in [7, 11) is -3.73. The van der Waals surface area contributed by atoms with E-state index in [4.69, 9.17) is 10.5 Å². The molecule has 0 spiro atoms. The normalized spacial score (nSPS) is 18.1. The fraction of sp³-hybridized carbons (Fsp3) is 0.500. The fourth-order valence-corrected chi connectivity index (χ4v) is 3.97. The maximum absolute atomic E-state index is 12.5. The van der Waals surface area contributed by atoms with Crippen LogP contribution < -0.4 is 5.73 Å². The highest BCUT2D eigenvalue weighted by molar-refractivity contribution is 7.92. The summed E-state index contributed by atoms with van der Waals surface area (Å²) >= 11 is 0. The minimum absolute atomic E-state index is 0.239. The van der Waals surface area contributed by atoms with Crippen molar-refractivity contribution in [2.24, 2.45) is 0 Å². The molecule has 2 rings (SSSR count). The van der Waals surface area contributed by atoms with Gasteiger partial charge in [0.15, 0.2) is 9.84 Å². The van der Waals surface area contributed by atoms with Crippen molar-refractivity contribution in [1.82, 2.24) is 0 Å².